The van der Waals surface area contributed by atoms with Gasteiger partial charge < -0.3 is 4.90 Å². The zero-order valence-electron chi connectivity index (χ0n) is 16.7. The van der Waals surface area contributed by atoms with Gasteiger partial charge >= 0.3 is 0 Å². The lowest BCUT2D eigenvalue weighted by atomic mass is 10.1. The van der Waals surface area contributed by atoms with Crippen LogP contribution in [0, 0.1) is 13.8 Å². The number of benzene rings is 2. The van der Waals surface area contributed by atoms with Crippen molar-refractivity contribution in [3.8, 4) is 0 Å². The molecule has 2 aromatic carbocycles. The van der Waals surface area contributed by atoms with Crippen molar-refractivity contribution in [2.45, 2.75) is 20.4 Å². The first-order chi connectivity index (χ1) is 13.4. The number of amides is 1. The molecule has 6 nitrogen and oxygen atoms in total. The highest BCUT2D eigenvalue weighted by atomic mass is 16.2. The number of rotatable bonds is 6. The Bertz CT molecular complexity index is 986. The average Bonchev–Trinajstić information content (AvgIpc) is 2.99. The van der Waals surface area contributed by atoms with E-state index >= 15 is 0 Å². The summed E-state index contributed by atoms with van der Waals surface area (Å²) in [6, 6.07) is 17.5. The van der Waals surface area contributed by atoms with Crippen molar-refractivity contribution in [1.29, 1.82) is 0 Å². The van der Waals surface area contributed by atoms with Crippen LogP contribution in [0.25, 0.3) is 0 Å². The lowest BCUT2D eigenvalue weighted by Gasteiger charge is -2.11. The summed E-state index contributed by atoms with van der Waals surface area (Å²) in [4.78, 5) is 14.4. The van der Waals surface area contributed by atoms with E-state index in [9.17, 15) is 4.79 Å². The molecule has 0 radical (unpaired) electrons. The number of nitrogens with one attached hydrogen (secondary N) is 1. The largest absolute Gasteiger partial charge is 0.378 e. The summed E-state index contributed by atoms with van der Waals surface area (Å²) in [5.74, 6) is -0.239. The number of aryl methyl sites for hydroxylation is 2. The summed E-state index contributed by atoms with van der Waals surface area (Å²) in [6.45, 7) is 4.62. The van der Waals surface area contributed by atoms with Crippen LogP contribution in [0.5, 0.6) is 0 Å². The fourth-order valence-corrected chi connectivity index (χ4v) is 2.91. The summed E-state index contributed by atoms with van der Waals surface area (Å²) < 4.78 is 1.93. The normalized spacial score (nSPS) is 11.0. The third-order valence-corrected chi connectivity index (χ3v) is 4.41. The van der Waals surface area contributed by atoms with Gasteiger partial charge in [-0.1, -0.05) is 24.3 Å². The van der Waals surface area contributed by atoms with Crippen molar-refractivity contribution in [3.63, 3.8) is 0 Å². The van der Waals surface area contributed by atoms with Crippen LogP contribution >= 0.6 is 0 Å². The molecule has 1 N–H and O–H groups in total. The molecule has 0 saturated carbocycles. The smallest absolute Gasteiger partial charge is 0.271 e. The van der Waals surface area contributed by atoms with Crippen LogP contribution in [0.4, 0.5) is 5.69 Å². The summed E-state index contributed by atoms with van der Waals surface area (Å²) in [5.41, 5.74) is 8.29. The van der Waals surface area contributed by atoms with Gasteiger partial charge in [0, 0.05) is 31.0 Å². The van der Waals surface area contributed by atoms with Crippen molar-refractivity contribution in [1.82, 2.24) is 15.2 Å². The second kappa shape index (κ2) is 8.52. The highest BCUT2D eigenvalue weighted by Crippen LogP contribution is 2.12. The molecule has 0 aliphatic carbocycles. The van der Waals surface area contributed by atoms with Crippen molar-refractivity contribution < 1.29 is 4.79 Å². The lowest BCUT2D eigenvalue weighted by Crippen LogP contribution is -2.18. The number of hydrogen-bond acceptors (Lipinski definition) is 4. The standard InChI is InChI=1S/C22H25N5O/c1-16-12-17(2)27(25-16)15-19-6-5-7-20(13-19)22(28)24-23-14-18-8-10-21(11-9-18)26(3)4/h5-14H,15H2,1-4H3,(H,24,28). The fraction of sp³-hybridized carbons (Fsp3) is 0.227. The Morgan fingerprint density at radius 3 is 2.54 bits per heavy atom. The highest BCUT2D eigenvalue weighted by molar-refractivity contribution is 5.95. The zero-order chi connectivity index (χ0) is 20.1. The van der Waals surface area contributed by atoms with Crippen molar-refractivity contribution >= 4 is 17.8 Å². The topological polar surface area (TPSA) is 62.5 Å². The predicted molar refractivity (Wildman–Crippen MR) is 113 cm³/mol. The molecule has 0 unspecified atom stereocenters. The maximum Gasteiger partial charge on any atom is 0.271 e. The summed E-state index contributed by atoms with van der Waals surface area (Å²) >= 11 is 0. The molecule has 0 fully saturated rings. The molecule has 1 aromatic heterocycles. The molecule has 144 valence electrons. The maximum absolute atomic E-state index is 12.4. The molecule has 0 aliphatic heterocycles. The minimum absolute atomic E-state index is 0.239. The Morgan fingerprint density at radius 1 is 1.14 bits per heavy atom. The molecule has 0 spiro atoms. The molecule has 0 aliphatic rings. The van der Waals surface area contributed by atoms with Gasteiger partial charge in [0.2, 0.25) is 0 Å². The average molecular weight is 375 g/mol. The van der Waals surface area contributed by atoms with Crippen LogP contribution in [-0.2, 0) is 6.54 Å². The van der Waals surface area contributed by atoms with E-state index in [2.05, 4.69) is 15.6 Å². The Balaban J connectivity index is 1.63. The van der Waals surface area contributed by atoms with Crippen LogP contribution in [0.3, 0.4) is 0 Å². The molecular weight excluding hydrogens is 350 g/mol. The van der Waals surface area contributed by atoms with Gasteiger partial charge in [-0.25, -0.2) is 5.43 Å². The van der Waals surface area contributed by atoms with Crippen molar-refractivity contribution in [2.75, 3.05) is 19.0 Å². The van der Waals surface area contributed by atoms with Gasteiger partial charge in [0.25, 0.3) is 5.91 Å². The van der Waals surface area contributed by atoms with Gasteiger partial charge in [-0.3, -0.25) is 9.48 Å². The number of carbonyl (C=O) groups excluding carboxylic acids is 1. The Hall–Kier alpha value is -3.41. The van der Waals surface area contributed by atoms with Crippen LogP contribution < -0.4 is 10.3 Å². The van der Waals surface area contributed by atoms with Gasteiger partial charge in [-0.05, 0) is 55.3 Å². The molecule has 3 rings (SSSR count). The van der Waals surface area contributed by atoms with Crippen molar-refractivity contribution in [3.05, 3.63) is 82.7 Å². The summed E-state index contributed by atoms with van der Waals surface area (Å²) in [7, 11) is 3.98. The number of anilines is 1. The summed E-state index contributed by atoms with van der Waals surface area (Å²) in [6.07, 6.45) is 1.64. The third kappa shape index (κ3) is 4.85. The second-order valence-corrected chi connectivity index (χ2v) is 6.97. The molecular formula is C22H25N5O. The molecule has 3 aromatic rings. The monoisotopic (exact) mass is 375 g/mol. The van der Waals surface area contributed by atoms with E-state index in [-0.39, 0.29) is 5.91 Å². The summed E-state index contributed by atoms with van der Waals surface area (Å²) in [5, 5.41) is 8.54. The van der Waals surface area contributed by atoms with Gasteiger partial charge in [0.1, 0.15) is 0 Å². The lowest BCUT2D eigenvalue weighted by molar-refractivity contribution is 0.0955. The Labute approximate surface area is 165 Å². The Morgan fingerprint density at radius 2 is 1.89 bits per heavy atom. The van der Waals surface area contributed by atoms with Crippen LogP contribution in [0.1, 0.15) is 32.9 Å². The fourth-order valence-electron chi connectivity index (χ4n) is 2.91. The minimum atomic E-state index is -0.239. The molecule has 0 saturated heterocycles. The Kier molecular flexibility index (Phi) is 5.89. The number of aromatic nitrogens is 2. The number of hydrogen-bond donors (Lipinski definition) is 1. The van der Waals surface area contributed by atoms with Gasteiger partial charge in [0.15, 0.2) is 0 Å². The molecule has 1 heterocycles. The van der Waals surface area contributed by atoms with Crippen LogP contribution in [-0.4, -0.2) is 36.0 Å². The van der Waals surface area contributed by atoms with E-state index in [0.29, 0.717) is 12.1 Å². The molecule has 28 heavy (non-hydrogen) atoms. The predicted octanol–water partition coefficient (Wildman–Crippen LogP) is 3.38. The SMILES string of the molecule is Cc1cc(C)n(Cc2cccc(C(=O)NN=Cc3ccc(N(C)C)cc3)c2)n1. The van der Waals surface area contributed by atoms with E-state index < -0.39 is 0 Å². The van der Waals surface area contributed by atoms with E-state index in [1.54, 1.807) is 12.3 Å². The second-order valence-electron chi connectivity index (χ2n) is 6.97. The van der Waals surface area contributed by atoms with Gasteiger partial charge in [-0.15, -0.1) is 0 Å². The first-order valence-corrected chi connectivity index (χ1v) is 9.13. The van der Waals surface area contributed by atoms with E-state index in [1.165, 1.54) is 0 Å². The number of carbonyl (C=O) groups is 1. The molecule has 1 amide bonds. The molecule has 0 atom stereocenters. The highest BCUT2D eigenvalue weighted by Gasteiger charge is 2.07. The zero-order valence-corrected chi connectivity index (χ0v) is 16.7. The first-order valence-electron chi connectivity index (χ1n) is 9.13. The van der Waals surface area contributed by atoms with Crippen LogP contribution in [0.15, 0.2) is 59.7 Å². The first kappa shape index (κ1) is 19.4. The van der Waals surface area contributed by atoms with Crippen LogP contribution in [0.2, 0.25) is 0 Å². The van der Waals surface area contributed by atoms with Gasteiger partial charge in [0.05, 0.1) is 18.5 Å². The molecule has 6 heteroatoms. The molecule has 0 bridgehead atoms. The van der Waals surface area contributed by atoms with E-state index in [0.717, 1.165) is 28.2 Å². The number of hydrazone groups is 1. The maximum atomic E-state index is 12.4. The van der Waals surface area contributed by atoms with E-state index in [4.69, 9.17) is 0 Å². The number of nitrogens with zero attached hydrogens (tertiary/aromatic N) is 4. The van der Waals surface area contributed by atoms with Gasteiger partial charge in [-0.2, -0.15) is 10.2 Å². The van der Waals surface area contributed by atoms with E-state index in [1.807, 2.05) is 86.1 Å². The third-order valence-electron chi connectivity index (χ3n) is 4.41. The quantitative estimate of drug-likeness (QED) is 0.531. The minimum Gasteiger partial charge on any atom is -0.378 e. The van der Waals surface area contributed by atoms with Crippen molar-refractivity contribution in [2.24, 2.45) is 5.10 Å².